The van der Waals surface area contributed by atoms with Crippen molar-refractivity contribution in [1.82, 2.24) is 15.6 Å². The number of aromatic nitrogens is 1. The Morgan fingerprint density at radius 3 is 2.86 bits per heavy atom. The summed E-state index contributed by atoms with van der Waals surface area (Å²) in [7, 11) is 0. The molecule has 4 atom stereocenters. The van der Waals surface area contributed by atoms with Crippen LogP contribution in [0.4, 0.5) is 0 Å². The van der Waals surface area contributed by atoms with E-state index in [1.165, 1.54) is 0 Å². The lowest BCUT2D eigenvalue weighted by Gasteiger charge is -2.55. The maximum Gasteiger partial charge on any atom is 0.258 e. The van der Waals surface area contributed by atoms with Crippen LogP contribution in [0.5, 0.6) is 5.75 Å². The zero-order valence-electron chi connectivity index (χ0n) is 15.6. The molecule has 0 saturated heterocycles. The van der Waals surface area contributed by atoms with E-state index in [1.807, 2.05) is 36.4 Å². The van der Waals surface area contributed by atoms with Crippen molar-refractivity contribution in [2.75, 3.05) is 0 Å². The summed E-state index contributed by atoms with van der Waals surface area (Å²) >= 11 is 0. The summed E-state index contributed by atoms with van der Waals surface area (Å²) in [6, 6.07) is 13.1. The number of pyridine rings is 1. The molecule has 3 saturated carbocycles. The van der Waals surface area contributed by atoms with Gasteiger partial charge in [0.2, 0.25) is 5.91 Å². The van der Waals surface area contributed by atoms with Gasteiger partial charge in [-0.2, -0.15) is 0 Å². The summed E-state index contributed by atoms with van der Waals surface area (Å²) in [6.45, 7) is 0.444. The Bertz CT molecular complexity index is 916. The first-order valence-corrected chi connectivity index (χ1v) is 9.93. The van der Waals surface area contributed by atoms with E-state index in [4.69, 9.17) is 4.74 Å². The highest BCUT2D eigenvalue weighted by atomic mass is 16.5. The molecule has 1 aliphatic heterocycles. The maximum atomic E-state index is 12.8. The molecule has 2 amide bonds. The molecular weight excluding hydrogens is 354 g/mol. The number of para-hydroxylation sites is 1. The molecule has 1 aromatic heterocycles. The number of nitrogens with zero attached hydrogens (tertiary/aromatic N) is 1. The summed E-state index contributed by atoms with van der Waals surface area (Å²) in [5.74, 6) is 0.962. The Hall–Kier alpha value is -2.89. The number of nitrogens with one attached hydrogen (secondary N) is 2. The molecule has 4 aliphatic rings. The van der Waals surface area contributed by atoms with Gasteiger partial charge in [0.1, 0.15) is 5.75 Å². The Kier molecular flexibility index (Phi) is 4.07. The molecule has 3 aliphatic carbocycles. The SMILES string of the molecule is O=C1N[C@@]2(C[C@H]3CC[C@H]2C[C@@H]3C(=O)NCc2ccccn2)Oc2ccccc21. The number of carbonyl (C=O) groups is 2. The highest BCUT2D eigenvalue weighted by Gasteiger charge is 2.57. The molecule has 0 radical (unpaired) electrons. The highest BCUT2D eigenvalue weighted by molar-refractivity contribution is 5.98. The van der Waals surface area contributed by atoms with Gasteiger partial charge in [0.05, 0.1) is 17.8 Å². The van der Waals surface area contributed by atoms with E-state index in [9.17, 15) is 9.59 Å². The molecule has 144 valence electrons. The van der Waals surface area contributed by atoms with E-state index in [-0.39, 0.29) is 29.6 Å². The first-order valence-electron chi connectivity index (χ1n) is 9.93. The number of rotatable bonds is 3. The molecule has 6 rings (SSSR count). The zero-order chi connectivity index (χ0) is 19.1. The van der Waals surface area contributed by atoms with Gasteiger partial charge in [-0.3, -0.25) is 14.6 Å². The molecule has 1 spiro atoms. The van der Waals surface area contributed by atoms with Crippen LogP contribution >= 0.6 is 0 Å². The second-order valence-corrected chi connectivity index (χ2v) is 8.06. The standard InChI is InChI=1S/C22H23N3O3/c26-20(24-13-16-5-3-4-10-23-16)18-11-15-9-8-14(18)12-22(15)25-21(27)17-6-1-2-7-19(17)28-22/h1-7,10,14-15,18H,8-9,11-13H2,(H,24,26)(H,25,27)/t14-,15+,18+,22+/m1/s1. The van der Waals surface area contributed by atoms with Crippen molar-refractivity contribution in [1.29, 1.82) is 0 Å². The maximum absolute atomic E-state index is 12.8. The van der Waals surface area contributed by atoms with E-state index in [0.717, 1.165) is 25.0 Å². The van der Waals surface area contributed by atoms with Crippen LogP contribution in [0.1, 0.15) is 41.7 Å². The van der Waals surface area contributed by atoms with Gasteiger partial charge in [0.15, 0.2) is 5.72 Å². The van der Waals surface area contributed by atoms with Gasteiger partial charge in [0, 0.05) is 24.5 Å². The van der Waals surface area contributed by atoms with Crippen molar-refractivity contribution in [3.05, 3.63) is 59.9 Å². The average molecular weight is 377 g/mol. The minimum atomic E-state index is -0.674. The molecule has 1 aromatic carbocycles. The molecule has 2 heterocycles. The van der Waals surface area contributed by atoms with Crippen LogP contribution in [-0.4, -0.2) is 22.5 Å². The Morgan fingerprint density at radius 1 is 1.21 bits per heavy atom. The lowest BCUT2D eigenvalue weighted by atomic mass is 9.60. The number of carbonyl (C=O) groups excluding carboxylic acids is 2. The molecule has 28 heavy (non-hydrogen) atoms. The minimum Gasteiger partial charge on any atom is -0.467 e. The Morgan fingerprint density at radius 2 is 2.07 bits per heavy atom. The third-order valence-electron chi connectivity index (χ3n) is 6.47. The molecule has 6 heteroatoms. The second kappa shape index (κ2) is 6.62. The molecular formula is C22H23N3O3. The van der Waals surface area contributed by atoms with Crippen LogP contribution in [0, 0.1) is 17.8 Å². The number of amides is 2. The first-order chi connectivity index (χ1) is 13.6. The van der Waals surface area contributed by atoms with Gasteiger partial charge in [-0.15, -0.1) is 0 Å². The third-order valence-corrected chi connectivity index (χ3v) is 6.47. The number of fused-ring (bicyclic) bond motifs is 3. The highest BCUT2D eigenvalue weighted by Crippen LogP contribution is 2.52. The van der Waals surface area contributed by atoms with Crippen molar-refractivity contribution >= 4 is 11.8 Å². The lowest BCUT2D eigenvalue weighted by Crippen LogP contribution is -2.66. The predicted molar refractivity (Wildman–Crippen MR) is 102 cm³/mol. The van der Waals surface area contributed by atoms with E-state index in [2.05, 4.69) is 15.6 Å². The largest absolute Gasteiger partial charge is 0.467 e. The van der Waals surface area contributed by atoms with E-state index < -0.39 is 5.72 Å². The third kappa shape index (κ3) is 2.84. The van der Waals surface area contributed by atoms with Crippen molar-refractivity contribution in [2.45, 2.75) is 38.0 Å². The van der Waals surface area contributed by atoms with Gasteiger partial charge >= 0.3 is 0 Å². The van der Waals surface area contributed by atoms with Gasteiger partial charge in [-0.25, -0.2) is 0 Å². The molecule has 0 unspecified atom stereocenters. The van der Waals surface area contributed by atoms with Crippen LogP contribution < -0.4 is 15.4 Å². The van der Waals surface area contributed by atoms with E-state index >= 15 is 0 Å². The smallest absolute Gasteiger partial charge is 0.258 e. The average Bonchev–Trinajstić information content (AvgIpc) is 2.73. The monoisotopic (exact) mass is 377 g/mol. The van der Waals surface area contributed by atoms with E-state index in [0.29, 0.717) is 24.3 Å². The topological polar surface area (TPSA) is 80.3 Å². The normalized spacial score (nSPS) is 30.3. The molecule has 2 N–H and O–H groups in total. The van der Waals surface area contributed by atoms with Crippen LogP contribution in [0.3, 0.4) is 0 Å². The van der Waals surface area contributed by atoms with Crippen LogP contribution in [-0.2, 0) is 11.3 Å². The fraction of sp³-hybridized carbons (Fsp3) is 0.409. The minimum absolute atomic E-state index is 0.0363. The van der Waals surface area contributed by atoms with Gasteiger partial charge in [-0.05, 0) is 49.4 Å². The second-order valence-electron chi connectivity index (χ2n) is 8.06. The van der Waals surface area contributed by atoms with Gasteiger partial charge < -0.3 is 15.4 Å². The Labute approximate surface area is 163 Å². The predicted octanol–water partition coefficient (Wildman–Crippen LogP) is 2.65. The summed E-state index contributed by atoms with van der Waals surface area (Å²) in [5, 5.41) is 6.17. The number of ether oxygens (including phenoxy) is 1. The summed E-state index contributed by atoms with van der Waals surface area (Å²) in [4.78, 5) is 29.7. The molecule has 2 aromatic rings. The Balaban J connectivity index is 1.30. The van der Waals surface area contributed by atoms with Crippen LogP contribution in [0.25, 0.3) is 0 Å². The van der Waals surface area contributed by atoms with Crippen molar-refractivity contribution in [2.24, 2.45) is 17.8 Å². The fourth-order valence-corrected chi connectivity index (χ4v) is 5.09. The van der Waals surface area contributed by atoms with Crippen LogP contribution in [0.15, 0.2) is 48.7 Å². The van der Waals surface area contributed by atoms with E-state index in [1.54, 1.807) is 12.3 Å². The van der Waals surface area contributed by atoms with Gasteiger partial charge in [0.25, 0.3) is 5.91 Å². The zero-order valence-corrected chi connectivity index (χ0v) is 15.6. The summed E-state index contributed by atoms with van der Waals surface area (Å²) in [6.07, 6.45) is 5.11. The summed E-state index contributed by atoms with van der Waals surface area (Å²) < 4.78 is 6.35. The summed E-state index contributed by atoms with van der Waals surface area (Å²) in [5.41, 5.74) is 0.763. The van der Waals surface area contributed by atoms with Crippen LogP contribution in [0.2, 0.25) is 0 Å². The number of benzene rings is 1. The molecule has 3 fully saturated rings. The molecule has 6 nitrogen and oxygen atoms in total. The quantitative estimate of drug-likeness (QED) is 0.862. The lowest BCUT2D eigenvalue weighted by molar-refractivity contribution is -0.146. The molecule has 2 bridgehead atoms. The fourth-order valence-electron chi connectivity index (χ4n) is 5.09. The first kappa shape index (κ1) is 17.2. The van der Waals surface area contributed by atoms with Crippen molar-refractivity contribution < 1.29 is 14.3 Å². The number of hydrogen-bond acceptors (Lipinski definition) is 4. The van der Waals surface area contributed by atoms with Crippen molar-refractivity contribution in [3.63, 3.8) is 0 Å². The number of hydrogen-bond donors (Lipinski definition) is 2. The van der Waals surface area contributed by atoms with Crippen molar-refractivity contribution in [3.8, 4) is 5.75 Å². The van der Waals surface area contributed by atoms with Gasteiger partial charge in [-0.1, -0.05) is 18.2 Å².